The van der Waals surface area contributed by atoms with Crippen molar-refractivity contribution in [1.82, 2.24) is 20.5 Å². The molecule has 0 aliphatic heterocycles. The number of carbonyl (C=O) groups is 1. The molecule has 0 spiro atoms. The van der Waals surface area contributed by atoms with Gasteiger partial charge in [0, 0.05) is 19.0 Å². The lowest BCUT2D eigenvalue weighted by Crippen LogP contribution is -2.29. The first-order valence-corrected chi connectivity index (χ1v) is 5.58. The van der Waals surface area contributed by atoms with Gasteiger partial charge in [0.25, 0.3) is 5.91 Å². The highest BCUT2D eigenvalue weighted by Crippen LogP contribution is 1.96. The van der Waals surface area contributed by atoms with Gasteiger partial charge in [-0.25, -0.2) is 4.98 Å². The molecule has 1 rings (SSSR count). The van der Waals surface area contributed by atoms with Crippen molar-refractivity contribution in [2.45, 2.75) is 39.2 Å². The molecule has 4 N–H and O–H groups in total. The molecule has 0 fully saturated rings. The number of amides is 1. The molecule has 16 heavy (non-hydrogen) atoms. The minimum Gasteiger partial charge on any atom is -0.349 e. The van der Waals surface area contributed by atoms with Crippen molar-refractivity contribution in [2.75, 3.05) is 6.54 Å². The van der Waals surface area contributed by atoms with Gasteiger partial charge in [-0.2, -0.15) is 0 Å². The van der Waals surface area contributed by atoms with Crippen LogP contribution < -0.4 is 11.1 Å². The van der Waals surface area contributed by atoms with Gasteiger partial charge in [-0.15, -0.1) is 5.10 Å². The summed E-state index contributed by atoms with van der Waals surface area (Å²) in [5.41, 5.74) is 5.57. The second-order valence-corrected chi connectivity index (χ2v) is 3.88. The first-order valence-electron chi connectivity index (χ1n) is 5.58. The normalized spacial score (nSPS) is 12.4. The number of nitrogens with two attached hydrogens (primary N) is 1. The number of aryl methyl sites for hydroxylation is 1. The van der Waals surface area contributed by atoms with Crippen molar-refractivity contribution < 1.29 is 4.79 Å². The third-order valence-electron chi connectivity index (χ3n) is 2.11. The number of hydrogen-bond acceptors (Lipinski definition) is 4. The van der Waals surface area contributed by atoms with Crippen LogP contribution in [0.5, 0.6) is 0 Å². The molecule has 0 aliphatic carbocycles. The van der Waals surface area contributed by atoms with Crippen LogP contribution >= 0.6 is 0 Å². The molecule has 6 nitrogen and oxygen atoms in total. The Labute approximate surface area is 95.0 Å². The fourth-order valence-electron chi connectivity index (χ4n) is 1.24. The van der Waals surface area contributed by atoms with Crippen LogP contribution in [0.25, 0.3) is 0 Å². The number of hydrogen-bond donors (Lipinski definition) is 3. The zero-order chi connectivity index (χ0) is 12.0. The molecule has 6 heteroatoms. The molecule has 1 aromatic heterocycles. The highest BCUT2D eigenvalue weighted by atomic mass is 16.2. The minimum atomic E-state index is -0.251. The van der Waals surface area contributed by atoms with Gasteiger partial charge in [0.1, 0.15) is 5.82 Å². The van der Waals surface area contributed by atoms with Crippen LogP contribution in [0, 0.1) is 0 Å². The molecule has 1 heterocycles. The number of carbonyl (C=O) groups excluding carboxylic acids is 1. The van der Waals surface area contributed by atoms with Crippen LogP contribution in [-0.4, -0.2) is 33.7 Å². The van der Waals surface area contributed by atoms with Crippen LogP contribution in [-0.2, 0) is 6.42 Å². The summed E-state index contributed by atoms with van der Waals surface area (Å²) in [6.45, 7) is 4.50. The Balaban J connectivity index is 2.40. The molecule has 0 aromatic carbocycles. The smallest absolute Gasteiger partial charge is 0.290 e. The SMILES string of the molecule is CCCc1nc(C(=O)NCCC(C)N)n[nH]1. The molecule has 1 amide bonds. The molecule has 0 aliphatic rings. The quantitative estimate of drug-likeness (QED) is 0.645. The highest BCUT2D eigenvalue weighted by Gasteiger charge is 2.11. The van der Waals surface area contributed by atoms with Gasteiger partial charge in [-0.05, 0) is 19.8 Å². The van der Waals surface area contributed by atoms with Gasteiger partial charge in [0.05, 0.1) is 0 Å². The van der Waals surface area contributed by atoms with Gasteiger partial charge < -0.3 is 11.1 Å². The number of rotatable bonds is 6. The van der Waals surface area contributed by atoms with E-state index in [1.54, 1.807) is 0 Å². The number of nitrogens with one attached hydrogen (secondary N) is 2. The van der Waals surface area contributed by atoms with E-state index in [0.29, 0.717) is 6.54 Å². The second kappa shape index (κ2) is 6.22. The summed E-state index contributed by atoms with van der Waals surface area (Å²) >= 11 is 0. The maximum atomic E-state index is 11.5. The standard InChI is InChI=1S/C10H19N5O/c1-3-4-8-13-9(15-14-8)10(16)12-6-5-7(2)11/h7H,3-6,11H2,1-2H3,(H,12,16)(H,13,14,15). The summed E-state index contributed by atoms with van der Waals surface area (Å²) in [5, 5.41) is 9.32. The molecule has 0 saturated carbocycles. The van der Waals surface area contributed by atoms with E-state index >= 15 is 0 Å². The molecule has 1 atom stereocenters. The molecular weight excluding hydrogens is 206 g/mol. The van der Waals surface area contributed by atoms with Crippen LogP contribution in [0.2, 0.25) is 0 Å². The predicted octanol–water partition coefficient (Wildman–Crippen LogP) is 0.224. The van der Waals surface area contributed by atoms with Gasteiger partial charge in [0.15, 0.2) is 0 Å². The van der Waals surface area contributed by atoms with Crippen LogP contribution in [0.4, 0.5) is 0 Å². The van der Waals surface area contributed by atoms with Crippen molar-refractivity contribution >= 4 is 5.91 Å². The highest BCUT2D eigenvalue weighted by molar-refractivity contribution is 5.90. The number of aromatic nitrogens is 3. The molecule has 0 saturated heterocycles. The van der Waals surface area contributed by atoms with Crippen LogP contribution in [0.15, 0.2) is 0 Å². The van der Waals surface area contributed by atoms with E-state index in [9.17, 15) is 4.79 Å². The van der Waals surface area contributed by atoms with Gasteiger partial charge in [0.2, 0.25) is 5.82 Å². The van der Waals surface area contributed by atoms with Crippen molar-refractivity contribution in [2.24, 2.45) is 5.73 Å². The first-order chi connectivity index (χ1) is 7.63. The largest absolute Gasteiger partial charge is 0.349 e. The van der Waals surface area contributed by atoms with E-state index in [0.717, 1.165) is 25.1 Å². The molecule has 1 aromatic rings. The Hall–Kier alpha value is -1.43. The molecule has 90 valence electrons. The zero-order valence-corrected chi connectivity index (χ0v) is 9.79. The topological polar surface area (TPSA) is 96.7 Å². The van der Waals surface area contributed by atoms with E-state index < -0.39 is 0 Å². The first kappa shape index (κ1) is 12.6. The van der Waals surface area contributed by atoms with E-state index in [4.69, 9.17) is 5.73 Å². The fraction of sp³-hybridized carbons (Fsp3) is 0.700. The summed E-state index contributed by atoms with van der Waals surface area (Å²) in [4.78, 5) is 15.6. The minimum absolute atomic E-state index is 0.0862. The number of nitrogens with zero attached hydrogens (tertiary/aromatic N) is 2. The number of H-pyrrole nitrogens is 1. The Morgan fingerprint density at radius 3 is 3.00 bits per heavy atom. The summed E-state index contributed by atoms with van der Waals surface area (Å²) in [5.74, 6) is 0.701. The monoisotopic (exact) mass is 225 g/mol. The van der Waals surface area contributed by atoms with Crippen molar-refractivity contribution in [3.8, 4) is 0 Å². The lowest BCUT2D eigenvalue weighted by molar-refractivity contribution is 0.0942. The third-order valence-corrected chi connectivity index (χ3v) is 2.11. The maximum absolute atomic E-state index is 11.5. The summed E-state index contributed by atoms with van der Waals surface area (Å²) < 4.78 is 0. The zero-order valence-electron chi connectivity index (χ0n) is 9.79. The van der Waals surface area contributed by atoms with Gasteiger partial charge in [-0.3, -0.25) is 9.89 Å². The van der Waals surface area contributed by atoms with E-state index in [2.05, 4.69) is 20.5 Å². The van der Waals surface area contributed by atoms with Crippen molar-refractivity contribution in [3.63, 3.8) is 0 Å². The Bertz CT molecular complexity index is 334. The van der Waals surface area contributed by atoms with Crippen molar-refractivity contribution in [1.29, 1.82) is 0 Å². The summed E-state index contributed by atoms with van der Waals surface area (Å²) in [7, 11) is 0. The Morgan fingerprint density at radius 2 is 2.38 bits per heavy atom. The third kappa shape index (κ3) is 3.98. The maximum Gasteiger partial charge on any atom is 0.290 e. The number of aromatic amines is 1. The van der Waals surface area contributed by atoms with Crippen LogP contribution in [0.3, 0.4) is 0 Å². The Kier molecular flexibility index (Phi) is 4.91. The molecule has 0 bridgehead atoms. The predicted molar refractivity (Wildman–Crippen MR) is 61.0 cm³/mol. The van der Waals surface area contributed by atoms with Gasteiger partial charge in [-0.1, -0.05) is 6.92 Å². The van der Waals surface area contributed by atoms with E-state index in [1.165, 1.54) is 0 Å². The summed E-state index contributed by atoms with van der Waals surface area (Å²) in [6.07, 6.45) is 2.53. The molecule has 1 unspecified atom stereocenters. The Morgan fingerprint density at radius 1 is 1.62 bits per heavy atom. The van der Waals surface area contributed by atoms with Gasteiger partial charge >= 0.3 is 0 Å². The van der Waals surface area contributed by atoms with E-state index in [-0.39, 0.29) is 17.8 Å². The lowest BCUT2D eigenvalue weighted by atomic mass is 10.2. The average Bonchev–Trinajstić information content (AvgIpc) is 2.66. The second-order valence-electron chi connectivity index (χ2n) is 3.88. The average molecular weight is 225 g/mol. The molecular formula is C10H19N5O. The van der Waals surface area contributed by atoms with E-state index in [1.807, 2.05) is 13.8 Å². The fourth-order valence-corrected chi connectivity index (χ4v) is 1.24. The molecule has 0 radical (unpaired) electrons. The lowest BCUT2D eigenvalue weighted by Gasteiger charge is -2.04. The van der Waals surface area contributed by atoms with Crippen LogP contribution in [0.1, 0.15) is 43.1 Å². The summed E-state index contributed by atoms with van der Waals surface area (Å²) in [6, 6.07) is 0.0862. The van der Waals surface area contributed by atoms with Crippen molar-refractivity contribution in [3.05, 3.63) is 11.6 Å².